The molecule has 1 N–H and O–H groups in total. The maximum absolute atomic E-state index is 3.73. The normalized spacial score (nSPS) is 27.6. The summed E-state index contributed by atoms with van der Waals surface area (Å²) < 4.78 is 0. The summed E-state index contributed by atoms with van der Waals surface area (Å²) in [6.07, 6.45) is 2.58. The lowest BCUT2D eigenvalue weighted by Gasteiger charge is -2.50. The molecule has 1 saturated heterocycles. The molecule has 0 aromatic carbocycles. The molecule has 84 valence electrons. The number of hydrogen-bond donors (Lipinski definition) is 1. The van der Waals surface area contributed by atoms with Gasteiger partial charge in [-0.25, -0.2) is 0 Å². The molecule has 0 radical (unpaired) electrons. The molecule has 0 unspecified atom stereocenters. The molecule has 14 heavy (non-hydrogen) atoms. The van der Waals surface area contributed by atoms with Crippen molar-refractivity contribution in [3.63, 3.8) is 0 Å². The highest BCUT2D eigenvalue weighted by Crippen LogP contribution is 2.42. The highest BCUT2D eigenvalue weighted by molar-refractivity contribution is 4.99. The van der Waals surface area contributed by atoms with E-state index in [0.717, 1.165) is 5.92 Å². The number of hydrogen-bond acceptors (Lipinski definition) is 1. The Morgan fingerprint density at radius 2 is 1.29 bits per heavy atom. The monoisotopic (exact) mass is 197 g/mol. The summed E-state index contributed by atoms with van der Waals surface area (Å²) in [6.45, 7) is 16.4. The molecule has 0 aromatic heterocycles. The van der Waals surface area contributed by atoms with Gasteiger partial charge in [0.1, 0.15) is 0 Å². The number of rotatable bonds is 0. The predicted octanol–water partition coefficient (Wildman–Crippen LogP) is 3.59. The van der Waals surface area contributed by atoms with Gasteiger partial charge in [-0.3, -0.25) is 0 Å². The SMILES string of the molecule is CC1(C)CC(C(C)(C)C)CC(C)(C)N1. The Morgan fingerprint density at radius 3 is 1.57 bits per heavy atom. The molecular formula is C13H27N. The minimum atomic E-state index is 0.291. The van der Waals surface area contributed by atoms with Crippen LogP contribution in [0, 0.1) is 11.3 Å². The fourth-order valence-corrected chi connectivity index (χ4v) is 2.93. The van der Waals surface area contributed by atoms with Crippen molar-refractivity contribution in [2.45, 2.75) is 72.4 Å². The molecule has 0 saturated carbocycles. The fraction of sp³-hybridized carbons (Fsp3) is 1.00. The second kappa shape index (κ2) is 3.23. The van der Waals surface area contributed by atoms with Gasteiger partial charge in [-0.05, 0) is 51.9 Å². The van der Waals surface area contributed by atoms with Crippen LogP contribution >= 0.6 is 0 Å². The Labute approximate surface area is 89.7 Å². The minimum Gasteiger partial charge on any atom is -0.307 e. The van der Waals surface area contributed by atoms with Crippen LogP contribution in [0.15, 0.2) is 0 Å². The lowest BCUT2D eigenvalue weighted by atomic mass is 9.66. The summed E-state index contributed by atoms with van der Waals surface area (Å²) in [6, 6.07) is 0. The van der Waals surface area contributed by atoms with Gasteiger partial charge >= 0.3 is 0 Å². The van der Waals surface area contributed by atoms with E-state index in [1.807, 2.05) is 0 Å². The molecule has 1 fully saturated rings. The Morgan fingerprint density at radius 1 is 0.929 bits per heavy atom. The Kier molecular flexibility index (Phi) is 2.78. The van der Waals surface area contributed by atoms with E-state index >= 15 is 0 Å². The molecule has 0 aromatic rings. The van der Waals surface area contributed by atoms with Crippen molar-refractivity contribution in [1.29, 1.82) is 0 Å². The third-order valence-electron chi connectivity index (χ3n) is 3.41. The van der Waals surface area contributed by atoms with Crippen LogP contribution in [0.1, 0.15) is 61.3 Å². The summed E-state index contributed by atoms with van der Waals surface area (Å²) >= 11 is 0. The minimum absolute atomic E-state index is 0.291. The zero-order valence-electron chi connectivity index (χ0n) is 11.0. The Bertz CT molecular complexity index is 192. The van der Waals surface area contributed by atoms with E-state index in [0.29, 0.717) is 16.5 Å². The van der Waals surface area contributed by atoms with Crippen LogP contribution in [0.25, 0.3) is 0 Å². The van der Waals surface area contributed by atoms with Crippen molar-refractivity contribution in [2.24, 2.45) is 11.3 Å². The summed E-state index contributed by atoms with van der Waals surface area (Å²) in [5, 5.41) is 3.73. The summed E-state index contributed by atoms with van der Waals surface area (Å²) in [5.41, 5.74) is 1.02. The summed E-state index contributed by atoms with van der Waals surface area (Å²) in [4.78, 5) is 0. The zero-order valence-corrected chi connectivity index (χ0v) is 11.0. The van der Waals surface area contributed by atoms with Crippen LogP contribution in [0.3, 0.4) is 0 Å². The van der Waals surface area contributed by atoms with Gasteiger partial charge in [-0.1, -0.05) is 20.8 Å². The van der Waals surface area contributed by atoms with Crippen molar-refractivity contribution in [1.82, 2.24) is 5.32 Å². The van der Waals surface area contributed by atoms with Crippen molar-refractivity contribution < 1.29 is 0 Å². The Hall–Kier alpha value is -0.0400. The van der Waals surface area contributed by atoms with E-state index < -0.39 is 0 Å². The topological polar surface area (TPSA) is 12.0 Å². The van der Waals surface area contributed by atoms with Gasteiger partial charge in [0, 0.05) is 11.1 Å². The lowest BCUT2D eigenvalue weighted by Crippen LogP contribution is -2.59. The molecule has 0 spiro atoms. The average Bonchev–Trinajstić information content (AvgIpc) is 1.76. The van der Waals surface area contributed by atoms with E-state index in [9.17, 15) is 0 Å². The first-order valence-electron chi connectivity index (χ1n) is 5.81. The number of piperidine rings is 1. The molecule has 1 nitrogen and oxygen atoms in total. The molecule has 0 bridgehead atoms. The van der Waals surface area contributed by atoms with Gasteiger partial charge in [0.25, 0.3) is 0 Å². The molecule has 1 aliphatic heterocycles. The number of nitrogens with one attached hydrogen (secondary N) is 1. The van der Waals surface area contributed by atoms with Crippen molar-refractivity contribution in [3.05, 3.63) is 0 Å². The highest BCUT2D eigenvalue weighted by Gasteiger charge is 2.41. The van der Waals surface area contributed by atoms with Gasteiger partial charge in [0.15, 0.2) is 0 Å². The van der Waals surface area contributed by atoms with Crippen LogP contribution in [0.4, 0.5) is 0 Å². The van der Waals surface area contributed by atoms with Gasteiger partial charge in [0.2, 0.25) is 0 Å². The summed E-state index contributed by atoms with van der Waals surface area (Å²) in [7, 11) is 0. The van der Waals surface area contributed by atoms with Crippen LogP contribution in [-0.2, 0) is 0 Å². The molecule has 1 heterocycles. The van der Waals surface area contributed by atoms with E-state index in [1.54, 1.807) is 0 Å². The van der Waals surface area contributed by atoms with E-state index in [2.05, 4.69) is 53.8 Å². The zero-order chi connectivity index (χ0) is 11.2. The second-order valence-corrected chi connectivity index (χ2v) is 7.36. The Balaban J connectivity index is 2.82. The van der Waals surface area contributed by atoms with Crippen LogP contribution in [0.2, 0.25) is 0 Å². The smallest absolute Gasteiger partial charge is 0.0132 e. The van der Waals surface area contributed by atoms with Gasteiger partial charge in [-0.15, -0.1) is 0 Å². The second-order valence-electron chi connectivity index (χ2n) is 7.36. The van der Waals surface area contributed by atoms with Crippen LogP contribution in [-0.4, -0.2) is 11.1 Å². The molecule has 1 heteroatoms. The van der Waals surface area contributed by atoms with Crippen molar-refractivity contribution >= 4 is 0 Å². The third kappa shape index (κ3) is 2.98. The van der Waals surface area contributed by atoms with E-state index in [-0.39, 0.29) is 0 Å². The van der Waals surface area contributed by atoms with Gasteiger partial charge in [-0.2, -0.15) is 0 Å². The molecular weight excluding hydrogens is 170 g/mol. The third-order valence-corrected chi connectivity index (χ3v) is 3.41. The molecule has 0 aliphatic carbocycles. The fourth-order valence-electron chi connectivity index (χ4n) is 2.93. The molecule has 0 atom stereocenters. The maximum Gasteiger partial charge on any atom is 0.0132 e. The lowest BCUT2D eigenvalue weighted by molar-refractivity contribution is 0.0626. The first-order chi connectivity index (χ1) is 6.02. The molecule has 0 amide bonds. The van der Waals surface area contributed by atoms with Gasteiger partial charge < -0.3 is 5.32 Å². The predicted molar refractivity (Wildman–Crippen MR) is 63.5 cm³/mol. The first kappa shape index (κ1) is 12.0. The quantitative estimate of drug-likeness (QED) is 0.626. The molecule has 1 rings (SSSR count). The highest BCUT2D eigenvalue weighted by atomic mass is 15.0. The summed E-state index contributed by atoms with van der Waals surface area (Å²) in [5.74, 6) is 0.828. The maximum atomic E-state index is 3.73. The van der Waals surface area contributed by atoms with Gasteiger partial charge in [0.05, 0.1) is 0 Å². The average molecular weight is 197 g/mol. The van der Waals surface area contributed by atoms with Crippen LogP contribution in [0.5, 0.6) is 0 Å². The van der Waals surface area contributed by atoms with Crippen molar-refractivity contribution in [2.75, 3.05) is 0 Å². The molecule has 1 aliphatic rings. The van der Waals surface area contributed by atoms with E-state index in [4.69, 9.17) is 0 Å². The van der Waals surface area contributed by atoms with Crippen LogP contribution < -0.4 is 5.32 Å². The standard InChI is InChI=1S/C13H27N/c1-11(2,3)10-8-12(4,5)14-13(6,7)9-10/h10,14H,8-9H2,1-7H3. The first-order valence-corrected chi connectivity index (χ1v) is 5.81. The largest absolute Gasteiger partial charge is 0.307 e. The van der Waals surface area contributed by atoms with E-state index in [1.165, 1.54) is 12.8 Å². The van der Waals surface area contributed by atoms with Crippen molar-refractivity contribution in [3.8, 4) is 0 Å².